The quantitative estimate of drug-likeness (QED) is 0.903. The van der Waals surface area contributed by atoms with E-state index in [4.69, 9.17) is 5.73 Å². The van der Waals surface area contributed by atoms with E-state index in [1.54, 1.807) is 0 Å². The van der Waals surface area contributed by atoms with E-state index in [1.807, 2.05) is 12.1 Å². The second-order valence-electron chi connectivity index (χ2n) is 5.46. The lowest BCUT2D eigenvalue weighted by molar-refractivity contribution is 0.618. The summed E-state index contributed by atoms with van der Waals surface area (Å²) in [6.45, 7) is 2.47. The lowest BCUT2D eigenvalue weighted by atomic mass is 9.98. The van der Waals surface area contributed by atoms with Gasteiger partial charge in [0, 0.05) is 24.7 Å². The minimum atomic E-state index is -0.221. The molecular formula is C17H18BrFN2. The normalized spacial score (nSPS) is 17.1. The minimum Gasteiger partial charge on any atom is -0.366 e. The highest BCUT2D eigenvalue weighted by Gasteiger charge is 2.27. The smallest absolute Gasteiger partial charge is 0.137 e. The van der Waals surface area contributed by atoms with Gasteiger partial charge >= 0.3 is 0 Å². The Labute approximate surface area is 132 Å². The summed E-state index contributed by atoms with van der Waals surface area (Å²) in [5.74, 6) is 0.275. The maximum Gasteiger partial charge on any atom is 0.137 e. The van der Waals surface area contributed by atoms with Crippen molar-refractivity contribution in [2.45, 2.75) is 18.9 Å². The van der Waals surface area contributed by atoms with Crippen molar-refractivity contribution < 1.29 is 4.39 Å². The Morgan fingerprint density at radius 2 is 2.05 bits per heavy atom. The Balaban J connectivity index is 1.84. The number of benzene rings is 2. The highest BCUT2D eigenvalue weighted by molar-refractivity contribution is 9.10. The Morgan fingerprint density at radius 1 is 1.24 bits per heavy atom. The highest BCUT2D eigenvalue weighted by atomic mass is 79.9. The first-order valence-electron chi connectivity index (χ1n) is 7.17. The van der Waals surface area contributed by atoms with Crippen molar-refractivity contribution in [1.82, 2.24) is 0 Å². The van der Waals surface area contributed by atoms with Gasteiger partial charge in [-0.1, -0.05) is 24.3 Å². The first kappa shape index (κ1) is 14.5. The van der Waals surface area contributed by atoms with Crippen LogP contribution in [-0.2, 0) is 6.54 Å². The Bertz CT molecular complexity index is 644. The lowest BCUT2D eigenvalue weighted by Gasteiger charge is -2.20. The number of rotatable bonds is 4. The molecule has 0 spiro atoms. The molecule has 110 valence electrons. The molecule has 0 saturated carbocycles. The first-order chi connectivity index (χ1) is 10.2. The summed E-state index contributed by atoms with van der Waals surface area (Å²) >= 11 is 3.25. The molecule has 0 radical (unpaired) electrons. The lowest BCUT2D eigenvalue weighted by Crippen LogP contribution is -2.22. The van der Waals surface area contributed by atoms with Crippen molar-refractivity contribution in [3.8, 4) is 0 Å². The van der Waals surface area contributed by atoms with E-state index in [0.29, 0.717) is 16.9 Å². The molecule has 2 aromatic carbocycles. The van der Waals surface area contributed by atoms with Gasteiger partial charge in [-0.3, -0.25) is 0 Å². The topological polar surface area (TPSA) is 29.3 Å². The molecule has 0 aliphatic carbocycles. The molecule has 1 unspecified atom stereocenters. The first-order valence-corrected chi connectivity index (χ1v) is 7.96. The summed E-state index contributed by atoms with van der Waals surface area (Å²) in [4.78, 5) is 2.36. The number of hydrogen-bond donors (Lipinski definition) is 1. The van der Waals surface area contributed by atoms with Crippen LogP contribution in [0.5, 0.6) is 0 Å². The van der Waals surface area contributed by atoms with E-state index >= 15 is 0 Å². The molecule has 1 heterocycles. The molecule has 2 N–H and O–H groups in total. The van der Waals surface area contributed by atoms with E-state index in [-0.39, 0.29) is 5.82 Å². The van der Waals surface area contributed by atoms with Crippen LogP contribution in [0.2, 0.25) is 0 Å². The third-order valence-electron chi connectivity index (χ3n) is 4.03. The third-order valence-corrected chi connectivity index (χ3v) is 4.64. The van der Waals surface area contributed by atoms with Crippen LogP contribution in [0.3, 0.4) is 0 Å². The molecule has 0 aromatic heterocycles. The Hall–Kier alpha value is -1.39. The zero-order valence-corrected chi connectivity index (χ0v) is 13.3. The van der Waals surface area contributed by atoms with Gasteiger partial charge < -0.3 is 10.6 Å². The van der Waals surface area contributed by atoms with Gasteiger partial charge in [-0.05, 0) is 58.2 Å². The molecule has 1 atom stereocenters. The average molecular weight is 349 g/mol. The second kappa shape index (κ2) is 6.16. The van der Waals surface area contributed by atoms with Gasteiger partial charge in [0.15, 0.2) is 0 Å². The molecule has 0 fully saturated rings. The number of nitrogens with zero attached hydrogens (tertiary/aromatic N) is 1. The maximum atomic E-state index is 13.3. The fraction of sp³-hybridized carbons (Fsp3) is 0.294. The predicted molar refractivity (Wildman–Crippen MR) is 88.0 cm³/mol. The second-order valence-corrected chi connectivity index (χ2v) is 6.32. The largest absolute Gasteiger partial charge is 0.366 e. The summed E-state index contributed by atoms with van der Waals surface area (Å²) in [7, 11) is 0. The van der Waals surface area contributed by atoms with Crippen molar-refractivity contribution in [1.29, 1.82) is 0 Å². The summed E-state index contributed by atoms with van der Waals surface area (Å²) in [6.07, 6.45) is 1.00. The van der Waals surface area contributed by atoms with Crippen molar-refractivity contribution >= 4 is 21.6 Å². The summed E-state index contributed by atoms with van der Waals surface area (Å²) in [6, 6.07) is 13.7. The average Bonchev–Trinajstić information content (AvgIpc) is 2.82. The van der Waals surface area contributed by atoms with Crippen LogP contribution >= 0.6 is 15.9 Å². The highest BCUT2D eigenvalue weighted by Crippen LogP contribution is 2.38. The van der Waals surface area contributed by atoms with Gasteiger partial charge in [-0.2, -0.15) is 0 Å². The molecule has 21 heavy (non-hydrogen) atoms. The van der Waals surface area contributed by atoms with Gasteiger partial charge in [0.05, 0.1) is 4.47 Å². The SMILES string of the molecule is NCCC1CN(Cc2ccc(F)c(Br)c2)c2ccccc21. The number of para-hydroxylation sites is 1. The number of nitrogens with two attached hydrogens (primary N) is 1. The van der Waals surface area contributed by atoms with Gasteiger partial charge in [0.2, 0.25) is 0 Å². The summed E-state index contributed by atoms with van der Waals surface area (Å²) < 4.78 is 13.9. The minimum absolute atomic E-state index is 0.221. The van der Waals surface area contributed by atoms with Gasteiger partial charge in [0.1, 0.15) is 5.82 Å². The summed E-state index contributed by atoms with van der Waals surface area (Å²) in [5, 5.41) is 0. The van der Waals surface area contributed by atoms with Crippen LogP contribution in [0.15, 0.2) is 46.9 Å². The van der Waals surface area contributed by atoms with Crippen molar-refractivity contribution in [3.63, 3.8) is 0 Å². The van der Waals surface area contributed by atoms with Gasteiger partial charge in [-0.15, -0.1) is 0 Å². The molecule has 2 nitrogen and oxygen atoms in total. The van der Waals surface area contributed by atoms with Gasteiger partial charge in [-0.25, -0.2) is 4.39 Å². The number of halogens is 2. The molecular weight excluding hydrogens is 331 g/mol. The van der Waals surface area contributed by atoms with Crippen molar-refractivity contribution in [2.75, 3.05) is 18.0 Å². The van der Waals surface area contributed by atoms with E-state index in [9.17, 15) is 4.39 Å². The van der Waals surface area contributed by atoms with E-state index in [0.717, 1.165) is 25.1 Å². The molecule has 0 bridgehead atoms. The molecule has 4 heteroatoms. The van der Waals surface area contributed by atoms with E-state index in [2.05, 4.69) is 45.1 Å². The molecule has 0 saturated heterocycles. The van der Waals surface area contributed by atoms with E-state index < -0.39 is 0 Å². The fourth-order valence-electron chi connectivity index (χ4n) is 3.04. The van der Waals surface area contributed by atoms with Crippen LogP contribution in [0.1, 0.15) is 23.5 Å². The predicted octanol–water partition coefficient (Wildman–Crippen LogP) is 4.04. The molecule has 1 aliphatic heterocycles. The number of anilines is 1. The summed E-state index contributed by atoms with van der Waals surface area (Å²) in [5.41, 5.74) is 9.49. The monoisotopic (exact) mass is 348 g/mol. The van der Waals surface area contributed by atoms with Crippen LogP contribution in [0.4, 0.5) is 10.1 Å². The number of fused-ring (bicyclic) bond motifs is 1. The molecule has 3 rings (SSSR count). The van der Waals surface area contributed by atoms with Crippen LogP contribution in [-0.4, -0.2) is 13.1 Å². The van der Waals surface area contributed by atoms with Crippen LogP contribution < -0.4 is 10.6 Å². The Kier molecular flexibility index (Phi) is 4.27. The molecule has 1 aliphatic rings. The molecule has 2 aromatic rings. The zero-order chi connectivity index (χ0) is 14.8. The van der Waals surface area contributed by atoms with Crippen molar-refractivity contribution in [3.05, 3.63) is 63.9 Å². The number of hydrogen-bond acceptors (Lipinski definition) is 2. The van der Waals surface area contributed by atoms with Gasteiger partial charge in [0.25, 0.3) is 0 Å². The van der Waals surface area contributed by atoms with Crippen molar-refractivity contribution in [2.24, 2.45) is 5.73 Å². The maximum absolute atomic E-state index is 13.3. The Morgan fingerprint density at radius 3 is 2.81 bits per heavy atom. The van der Waals surface area contributed by atoms with Crippen LogP contribution in [0, 0.1) is 5.82 Å². The third kappa shape index (κ3) is 2.97. The standard InChI is InChI=1S/C17H18BrFN2/c18-15-9-12(5-6-16(15)19)10-21-11-13(7-8-20)14-3-1-2-4-17(14)21/h1-6,9,13H,7-8,10-11,20H2. The van der Waals surface area contributed by atoms with Crippen LogP contribution in [0.25, 0.3) is 0 Å². The van der Waals surface area contributed by atoms with E-state index in [1.165, 1.54) is 17.3 Å². The zero-order valence-electron chi connectivity index (χ0n) is 11.7. The molecule has 0 amide bonds. The fourth-order valence-corrected chi connectivity index (χ4v) is 3.47.